The van der Waals surface area contributed by atoms with Gasteiger partial charge in [0.05, 0.1) is 5.54 Å². The Morgan fingerprint density at radius 1 is 0.929 bits per heavy atom. The highest BCUT2D eigenvalue weighted by atomic mass is 16.6. The Morgan fingerprint density at radius 3 is 2.21 bits per heavy atom. The molecule has 0 spiro atoms. The number of carbonyl (C=O) groups is 2. The van der Waals surface area contributed by atoms with Gasteiger partial charge in [-0.15, -0.1) is 0 Å². The number of rotatable bonds is 3. The maximum Gasteiger partial charge on any atom is 0.410 e. The van der Waals surface area contributed by atoms with E-state index >= 15 is 0 Å². The predicted molar refractivity (Wildman–Crippen MR) is 109 cm³/mol. The maximum absolute atomic E-state index is 12.6. The first kappa shape index (κ1) is 19.9. The zero-order valence-corrected chi connectivity index (χ0v) is 17.2. The summed E-state index contributed by atoms with van der Waals surface area (Å²) < 4.78 is 5.48. The summed E-state index contributed by atoms with van der Waals surface area (Å²) in [6.07, 6.45) is -0.304. The summed E-state index contributed by atoms with van der Waals surface area (Å²) in [7, 11) is 0. The van der Waals surface area contributed by atoms with Crippen LogP contribution >= 0.6 is 0 Å². The highest BCUT2D eigenvalue weighted by molar-refractivity contribution is 5.94. The van der Waals surface area contributed by atoms with E-state index in [9.17, 15) is 9.59 Å². The second-order valence-electron chi connectivity index (χ2n) is 8.77. The molecular weight excluding hydrogens is 352 g/mol. The molecular formula is C23H28N2O3. The van der Waals surface area contributed by atoms with E-state index in [-0.39, 0.29) is 12.0 Å². The van der Waals surface area contributed by atoms with E-state index in [4.69, 9.17) is 4.74 Å². The van der Waals surface area contributed by atoms with E-state index in [0.29, 0.717) is 18.7 Å². The molecule has 2 aromatic carbocycles. The van der Waals surface area contributed by atoms with Gasteiger partial charge >= 0.3 is 6.09 Å². The van der Waals surface area contributed by atoms with Crippen LogP contribution < -0.4 is 5.32 Å². The summed E-state index contributed by atoms with van der Waals surface area (Å²) in [6, 6.07) is 15.3. The molecule has 5 nitrogen and oxygen atoms in total. The van der Waals surface area contributed by atoms with Gasteiger partial charge in [0, 0.05) is 18.7 Å². The molecule has 0 atom stereocenters. The van der Waals surface area contributed by atoms with Crippen molar-refractivity contribution in [2.24, 2.45) is 0 Å². The Balaban J connectivity index is 1.73. The largest absolute Gasteiger partial charge is 0.444 e. The zero-order chi connectivity index (χ0) is 20.5. The normalized spacial score (nSPS) is 13.8. The molecule has 2 aromatic rings. The van der Waals surface area contributed by atoms with Crippen LogP contribution in [0.5, 0.6) is 0 Å². The van der Waals surface area contributed by atoms with Gasteiger partial charge in [-0.3, -0.25) is 9.69 Å². The van der Waals surface area contributed by atoms with Gasteiger partial charge in [0.15, 0.2) is 0 Å². The van der Waals surface area contributed by atoms with Crippen molar-refractivity contribution >= 4 is 12.0 Å². The Bertz CT molecular complexity index is 882. The minimum absolute atomic E-state index is 0.110. The molecule has 3 rings (SSSR count). The topological polar surface area (TPSA) is 58.6 Å². The molecule has 2 amide bonds. The van der Waals surface area contributed by atoms with Crippen molar-refractivity contribution in [3.05, 3.63) is 70.8 Å². The molecule has 0 saturated carbocycles. The highest BCUT2D eigenvalue weighted by Gasteiger charge is 2.30. The van der Waals surface area contributed by atoms with E-state index in [2.05, 4.69) is 11.4 Å². The monoisotopic (exact) mass is 380 g/mol. The van der Waals surface area contributed by atoms with E-state index in [1.807, 2.05) is 65.0 Å². The second kappa shape index (κ2) is 7.30. The van der Waals surface area contributed by atoms with Crippen LogP contribution in [0.15, 0.2) is 48.5 Å². The first-order chi connectivity index (χ1) is 13.0. The van der Waals surface area contributed by atoms with Gasteiger partial charge in [0.2, 0.25) is 0 Å². The van der Waals surface area contributed by atoms with Crippen LogP contribution in [-0.2, 0) is 23.4 Å². The molecule has 0 radical (unpaired) electrons. The van der Waals surface area contributed by atoms with Crippen LogP contribution in [-0.4, -0.2) is 22.5 Å². The number of carbonyl (C=O) groups excluding carboxylic acids is 2. The third-order valence-corrected chi connectivity index (χ3v) is 4.76. The molecule has 28 heavy (non-hydrogen) atoms. The lowest BCUT2D eigenvalue weighted by Gasteiger charge is -2.27. The van der Waals surface area contributed by atoms with Crippen LogP contribution in [0.2, 0.25) is 0 Å². The van der Waals surface area contributed by atoms with Crippen LogP contribution in [0.4, 0.5) is 4.79 Å². The lowest BCUT2D eigenvalue weighted by molar-refractivity contribution is 0.0241. The average molecular weight is 380 g/mol. The average Bonchev–Trinajstić information content (AvgIpc) is 3.04. The number of nitrogens with one attached hydrogen (secondary N) is 1. The third kappa shape index (κ3) is 4.53. The first-order valence-corrected chi connectivity index (χ1v) is 9.53. The quantitative estimate of drug-likeness (QED) is 0.846. The summed E-state index contributed by atoms with van der Waals surface area (Å²) in [5.41, 5.74) is 2.78. The Hall–Kier alpha value is -2.82. The van der Waals surface area contributed by atoms with Crippen LogP contribution in [0.1, 0.15) is 61.7 Å². The SMILES string of the molecule is CC(C)(C)OC(=O)N1Cc2ccc(C(C)(C)NC(=O)c3ccccc3)cc2C1. The van der Waals surface area contributed by atoms with E-state index in [1.165, 1.54) is 0 Å². The lowest BCUT2D eigenvalue weighted by Crippen LogP contribution is -2.41. The summed E-state index contributed by atoms with van der Waals surface area (Å²) in [5.74, 6) is -0.110. The molecule has 1 aliphatic heterocycles. The summed E-state index contributed by atoms with van der Waals surface area (Å²) in [4.78, 5) is 26.6. The molecule has 5 heteroatoms. The molecule has 1 heterocycles. The van der Waals surface area contributed by atoms with E-state index < -0.39 is 11.1 Å². The number of fused-ring (bicyclic) bond motifs is 1. The molecule has 0 aliphatic carbocycles. The standard InChI is InChI=1S/C23H28N2O3/c1-22(2,3)28-21(27)25-14-17-11-12-19(13-18(17)15-25)23(4,5)24-20(26)16-9-7-6-8-10-16/h6-13H,14-15H2,1-5H3,(H,24,26). The number of ether oxygens (including phenoxy) is 1. The number of hydrogen-bond acceptors (Lipinski definition) is 3. The molecule has 0 bridgehead atoms. The van der Waals surface area contributed by atoms with Gasteiger partial charge in [-0.25, -0.2) is 4.79 Å². The predicted octanol–water partition coefficient (Wildman–Crippen LogP) is 4.60. The summed E-state index contributed by atoms with van der Waals surface area (Å²) in [5, 5.41) is 3.10. The Labute approximate surface area is 166 Å². The van der Waals surface area contributed by atoms with E-state index in [0.717, 1.165) is 16.7 Å². The second-order valence-corrected chi connectivity index (χ2v) is 8.77. The summed E-state index contributed by atoms with van der Waals surface area (Å²) in [6.45, 7) is 10.6. The first-order valence-electron chi connectivity index (χ1n) is 9.53. The van der Waals surface area contributed by atoms with Gasteiger partial charge in [-0.05, 0) is 63.4 Å². The summed E-state index contributed by atoms with van der Waals surface area (Å²) >= 11 is 0. The van der Waals surface area contributed by atoms with Crippen LogP contribution in [0.3, 0.4) is 0 Å². The van der Waals surface area contributed by atoms with Gasteiger partial charge < -0.3 is 10.1 Å². The van der Waals surface area contributed by atoms with Gasteiger partial charge in [0.25, 0.3) is 5.91 Å². The Morgan fingerprint density at radius 2 is 1.57 bits per heavy atom. The minimum Gasteiger partial charge on any atom is -0.444 e. The van der Waals surface area contributed by atoms with Crippen molar-refractivity contribution in [3.63, 3.8) is 0 Å². The van der Waals surface area contributed by atoms with Gasteiger partial charge in [-0.2, -0.15) is 0 Å². The molecule has 0 fully saturated rings. The van der Waals surface area contributed by atoms with Crippen molar-refractivity contribution in [1.29, 1.82) is 0 Å². The van der Waals surface area contributed by atoms with Gasteiger partial charge in [-0.1, -0.05) is 36.4 Å². The van der Waals surface area contributed by atoms with Gasteiger partial charge in [0.1, 0.15) is 5.60 Å². The molecule has 1 N–H and O–H groups in total. The van der Waals surface area contributed by atoms with Crippen molar-refractivity contribution in [3.8, 4) is 0 Å². The molecule has 148 valence electrons. The molecule has 1 aliphatic rings. The fourth-order valence-corrected chi connectivity index (χ4v) is 3.26. The van der Waals surface area contributed by atoms with Crippen molar-refractivity contribution in [1.82, 2.24) is 10.2 Å². The third-order valence-electron chi connectivity index (χ3n) is 4.76. The molecule has 0 aromatic heterocycles. The number of nitrogens with zero attached hydrogens (tertiary/aromatic N) is 1. The van der Waals surface area contributed by atoms with Crippen LogP contribution in [0.25, 0.3) is 0 Å². The number of amides is 2. The molecule has 0 unspecified atom stereocenters. The smallest absolute Gasteiger partial charge is 0.410 e. The lowest BCUT2D eigenvalue weighted by atomic mass is 9.91. The molecule has 0 saturated heterocycles. The maximum atomic E-state index is 12.6. The number of hydrogen-bond donors (Lipinski definition) is 1. The fraction of sp³-hybridized carbons (Fsp3) is 0.391. The zero-order valence-electron chi connectivity index (χ0n) is 17.2. The van der Waals surface area contributed by atoms with Crippen molar-refractivity contribution < 1.29 is 14.3 Å². The fourth-order valence-electron chi connectivity index (χ4n) is 3.26. The van der Waals surface area contributed by atoms with Crippen molar-refractivity contribution in [2.45, 2.75) is 58.8 Å². The highest BCUT2D eigenvalue weighted by Crippen LogP contribution is 2.29. The number of benzene rings is 2. The van der Waals surface area contributed by atoms with E-state index in [1.54, 1.807) is 17.0 Å². The Kier molecular flexibility index (Phi) is 5.20. The minimum atomic E-state index is -0.540. The van der Waals surface area contributed by atoms with Crippen LogP contribution in [0, 0.1) is 0 Å². The van der Waals surface area contributed by atoms with Crippen molar-refractivity contribution in [2.75, 3.05) is 0 Å².